The van der Waals surface area contributed by atoms with E-state index in [-0.39, 0.29) is 0 Å². The molecule has 1 N–H and O–H groups in total. The quantitative estimate of drug-likeness (QED) is 0.771. The van der Waals surface area contributed by atoms with Gasteiger partial charge in [0.25, 0.3) is 0 Å². The molecule has 144 valence electrons. The van der Waals surface area contributed by atoms with Gasteiger partial charge in [-0.25, -0.2) is 0 Å². The van der Waals surface area contributed by atoms with E-state index in [1.54, 1.807) is 6.20 Å². The monoisotopic (exact) mass is 384 g/mol. The number of aryl methyl sites for hydroxylation is 2. The Morgan fingerprint density at radius 3 is 2.81 bits per heavy atom. The van der Waals surface area contributed by atoms with Crippen molar-refractivity contribution in [2.75, 3.05) is 44.7 Å². The predicted molar refractivity (Wildman–Crippen MR) is 114 cm³/mol. The minimum Gasteiger partial charge on any atom is -0.379 e. The third-order valence-corrected chi connectivity index (χ3v) is 5.17. The van der Waals surface area contributed by atoms with E-state index in [1.807, 2.05) is 12.3 Å². The van der Waals surface area contributed by atoms with Crippen molar-refractivity contribution >= 4 is 23.0 Å². The molecule has 0 spiro atoms. The van der Waals surface area contributed by atoms with E-state index in [2.05, 4.69) is 58.2 Å². The lowest BCUT2D eigenvalue weighted by Gasteiger charge is -2.31. The first-order valence-corrected chi connectivity index (χ1v) is 9.85. The highest BCUT2D eigenvalue weighted by Gasteiger charge is 2.16. The molecule has 6 heteroatoms. The van der Waals surface area contributed by atoms with Crippen molar-refractivity contribution in [3.8, 4) is 0 Å². The van der Waals surface area contributed by atoms with Crippen LogP contribution in [0.5, 0.6) is 0 Å². The molecule has 1 aliphatic rings. The third kappa shape index (κ3) is 5.99. The van der Waals surface area contributed by atoms with Gasteiger partial charge in [-0.2, -0.15) is 0 Å². The van der Waals surface area contributed by atoms with Gasteiger partial charge < -0.3 is 15.0 Å². The summed E-state index contributed by atoms with van der Waals surface area (Å²) < 4.78 is 5.45. The van der Waals surface area contributed by atoms with Crippen LogP contribution in [0.25, 0.3) is 0 Å². The van der Waals surface area contributed by atoms with Crippen molar-refractivity contribution in [3.63, 3.8) is 0 Å². The Balaban J connectivity index is 1.68. The van der Waals surface area contributed by atoms with E-state index >= 15 is 0 Å². The number of pyridine rings is 1. The maximum absolute atomic E-state index is 5.78. The molecule has 2 heterocycles. The number of morpholine rings is 1. The SMILES string of the molecule is Cc1ccc(C)c(NC(=S)N(CCN2CCOCC2)Cc2cccnc2)c1. The fraction of sp³-hybridized carbons (Fsp3) is 0.429. The largest absolute Gasteiger partial charge is 0.379 e. The molecule has 0 aliphatic carbocycles. The highest BCUT2D eigenvalue weighted by atomic mass is 32.1. The molecule has 1 aliphatic heterocycles. The summed E-state index contributed by atoms with van der Waals surface area (Å²) in [5, 5.41) is 4.20. The minimum atomic E-state index is 0.745. The Hall–Kier alpha value is -2.02. The molecular formula is C21H28N4OS. The van der Waals surface area contributed by atoms with Gasteiger partial charge >= 0.3 is 0 Å². The van der Waals surface area contributed by atoms with Crippen molar-refractivity contribution in [2.45, 2.75) is 20.4 Å². The number of nitrogens with zero attached hydrogens (tertiary/aromatic N) is 3. The van der Waals surface area contributed by atoms with Gasteiger partial charge in [0.05, 0.1) is 13.2 Å². The summed E-state index contributed by atoms with van der Waals surface area (Å²) in [5.41, 5.74) is 4.64. The molecule has 27 heavy (non-hydrogen) atoms. The van der Waals surface area contributed by atoms with Crippen molar-refractivity contribution in [1.82, 2.24) is 14.8 Å². The average Bonchev–Trinajstić information content (AvgIpc) is 2.69. The number of aromatic nitrogens is 1. The van der Waals surface area contributed by atoms with Crippen LogP contribution in [0.4, 0.5) is 5.69 Å². The maximum Gasteiger partial charge on any atom is 0.173 e. The zero-order valence-electron chi connectivity index (χ0n) is 16.1. The average molecular weight is 385 g/mol. The molecule has 1 fully saturated rings. The first kappa shape index (κ1) is 19.7. The molecular weight excluding hydrogens is 356 g/mol. The van der Waals surface area contributed by atoms with E-state index < -0.39 is 0 Å². The van der Waals surface area contributed by atoms with Crippen LogP contribution in [-0.2, 0) is 11.3 Å². The first-order chi connectivity index (χ1) is 13.1. The number of hydrogen-bond acceptors (Lipinski definition) is 4. The molecule has 0 bridgehead atoms. The first-order valence-electron chi connectivity index (χ1n) is 9.44. The second-order valence-corrected chi connectivity index (χ2v) is 7.37. The molecule has 5 nitrogen and oxygen atoms in total. The maximum atomic E-state index is 5.78. The van der Waals surface area contributed by atoms with E-state index in [4.69, 9.17) is 17.0 Å². The molecule has 0 unspecified atom stereocenters. The summed E-state index contributed by atoms with van der Waals surface area (Å²) in [5.74, 6) is 0. The van der Waals surface area contributed by atoms with Crippen molar-refractivity contribution in [3.05, 3.63) is 59.4 Å². The van der Waals surface area contributed by atoms with Crippen LogP contribution in [0.2, 0.25) is 0 Å². The third-order valence-electron chi connectivity index (χ3n) is 4.81. The number of rotatable bonds is 6. The van der Waals surface area contributed by atoms with E-state index in [1.165, 1.54) is 11.1 Å². The van der Waals surface area contributed by atoms with Crippen molar-refractivity contribution in [1.29, 1.82) is 0 Å². The van der Waals surface area contributed by atoms with E-state index in [0.29, 0.717) is 0 Å². The number of hydrogen-bond donors (Lipinski definition) is 1. The number of nitrogens with one attached hydrogen (secondary N) is 1. The molecule has 2 aromatic rings. The second kappa shape index (κ2) is 9.78. The fourth-order valence-electron chi connectivity index (χ4n) is 3.12. The summed E-state index contributed by atoms with van der Waals surface area (Å²) in [6.07, 6.45) is 3.70. The molecule has 1 aromatic heterocycles. The molecule has 0 amide bonds. The Kier molecular flexibility index (Phi) is 7.15. The zero-order valence-corrected chi connectivity index (χ0v) is 17.0. The van der Waals surface area contributed by atoms with Crippen molar-refractivity contribution in [2.24, 2.45) is 0 Å². The van der Waals surface area contributed by atoms with Crippen LogP contribution in [0, 0.1) is 13.8 Å². The van der Waals surface area contributed by atoms with Crippen LogP contribution in [0.1, 0.15) is 16.7 Å². The minimum absolute atomic E-state index is 0.745. The zero-order chi connectivity index (χ0) is 19.1. The van der Waals surface area contributed by atoms with Gasteiger partial charge in [0, 0.05) is 50.8 Å². The normalized spacial score (nSPS) is 14.7. The van der Waals surface area contributed by atoms with Gasteiger partial charge in [-0.1, -0.05) is 18.2 Å². The lowest BCUT2D eigenvalue weighted by Crippen LogP contribution is -2.44. The molecule has 0 radical (unpaired) electrons. The molecule has 1 saturated heterocycles. The number of benzene rings is 1. The highest BCUT2D eigenvalue weighted by Crippen LogP contribution is 2.17. The van der Waals surface area contributed by atoms with E-state index in [9.17, 15) is 0 Å². The van der Waals surface area contributed by atoms with Gasteiger partial charge in [-0.3, -0.25) is 9.88 Å². The van der Waals surface area contributed by atoms with Crippen LogP contribution < -0.4 is 5.32 Å². The van der Waals surface area contributed by atoms with Gasteiger partial charge in [0.15, 0.2) is 5.11 Å². The predicted octanol–water partition coefficient (Wildman–Crippen LogP) is 3.23. The highest BCUT2D eigenvalue weighted by molar-refractivity contribution is 7.80. The topological polar surface area (TPSA) is 40.6 Å². The Morgan fingerprint density at radius 1 is 1.26 bits per heavy atom. The Bertz CT molecular complexity index is 747. The summed E-state index contributed by atoms with van der Waals surface area (Å²) in [6, 6.07) is 10.5. The van der Waals surface area contributed by atoms with Gasteiger partial charge in [-0.05, 0) is 54.9 Å². The van der Waals surface area contributed by atoms with Crippen LogP contribution in [-0.4, -0.2) is 59.3 Å². The fourth-order valence-corrected chi connectivity index (χ4v) is 3.38. The molecule has 3 rings (SSSR count). The lowest BCUT2D eigenvalue weighted by molar-refractivity contribution is 0.0358. The summed E-state index contributed by atoms with van der Waals surface area (Å²) >= 11 is 5.78. The summed E-state index contributed by atoms with van der Waals surface area (Å²) in [7, 11) is 0. The molecule has 0 atom stereocenters. The second-order valence-electron chi connectivity index (χ2n) is 6.99. The Labute approximate surface area is 167 Å². The van der Waals surface area contributed by atoms with Gasteiger partial charge in [0.2, 0.25) is 0 Å². The Morgan fingerprint density at radius 2 is 2.07 bits per heavy atom. The van der Waals surface area contributed by atoms with Crippen LogP contribution in [0.3, 0.4) is 0 Å². The molecule has 0 saturated carbocycles. The number of thiocarbonyl (C=S) groups is 1. The van der Waals surface area contributed by atoms with Gasteiger partial charge in [-0.15, -0.1) is 0 Å². The summed E-state index contributed by atoms with van der Waals surface area (Å²) in [6.45, 7) is 10.4. The van der Waals surface area contributed by atoms with E-state index in [0.717, 1.165) is 62.3 Å². The summed E-state index contributed by atoms with van der Waals surface area (Å²) in [4.78, 5) is 8.90. The smallest absolute Gasteiger partial charge is 0.173 e. The van der Waals surface area contributed by atoms with Gasteiger partial charge in [0.1, 0.15) is 0 Å². The van der Waals surface area contributed by atoms with Crippen LogP contribution >= 0.6 is 12.2 Å². The standard InChI is InChI=1S/C21H28N4OS/c1-17-5-6-18(2)20(14-17)23-21(27)25(16-19-4-3-7-22-15-19)9-8-24-10-12-26-13-11-24/h3-7,14-15H,8-13,16H2,1-2H3,(H,23,27). The van der Waals surface area contributed by atoms with Crippen LogP contribution in [0.15, 0.2) is 42.7 Å². The number of ether oxygens (including phenoxy) is 1. The molecule has 1 aromatic carbocycles. The van der Waals surface area contributed by atoms with Crippen molar-refractivity contribution < 1.29 is 4.74 Å². The lowest BCUT2D eigenvalue weighted by atomic mass is 10.1. The number of anilines is 1.